The van der Waals surface area contributed by atoms with E-state index in [4.69, 9.17) is 9.47 Å². The third-order valence-electron chi connectivity index (χ3n) is 3.29. The molecule has 2 unspecified atom stereocenters. The van der Waals surface area contributed by atoms with Crippen molar-refractivity contribution in [1.82, 2.24) is 4.90 Å². The highest BCUT2D eigenvalue weighted by molar-refractivity contribution is 9.10. The lowest BCUT2D eigenvalue weighted by atomic mass is 10.2. The highest BCUT2D eigenvalue weighted by atomic mass is 79.9. The summed E-state index contributed by atoms with van der Waals surface area (Å²) in [6.45, 7) is 7.62. The number of carbonyl (C=O) groups is 1. The van der Waals surface area contributed by atoms with Crippen LogP contribution in [-0.2, 0) is 9.53 Å². The number of hydrogen-bond donors (Lipinski definition) is 0. The van der Waals surface area contributed by atoms with Crippen LogP contribution in [0.1, 0.15) is 19.4 Å². The summed E-state index contributed by atoms with van der Waals surface area (Å²) in [5, 5.41) is 0. The Morgan fingerprint density at radius 1 is 1.55 bits per heavy atom. The van der Waals surface area contributed by atoms with Crippen molar-refractivity contribution in [2.75, 3.05) is 19.7 Å². The third kappa shape index (κ3) is 3.73. The van der Waals surface area contributed by atoms with Crippen LogP contribution in [0, 0.1) is 6.92 Å². The second kappa shape index (κ2) is 6.59. The van der Waals surface area contributed by atoms with Gasteiger partial charge in [-0.15, -0.1) is 0 Å². The average molecular weight is 342 g/mol. The summed E-state index contributed by atoms with van der Waals surface area (Å²) in [5.41, 5.74) is 1.14. The molecule has 2 rings (SSSR count). The molecule has 1 fully saturated rings. The molecule has 5 heteroatoms. The van der Waals surface area contributed by atoms with Crippen molar-refractivity contribution in [2.24, 2.45) is 0 Å². The first-order valence-corrected chi connectivity index (χ1v) is 7.60. The maximum atomic E-state index is 12.4. The number of aryl methyl sites for hydroxylation is 1. The number of nitrogens with zero attached hydrogens (tertiary/aromatic N) is 1. The van der Waals surface area contributed by atoms with Crippen molar-refractivity contribution in [2.45, 2.75) is 33.0 Å². The van der Waals surface area contributed by atoms with Crippen molar-refractivity contribution in [1.29, 1.82) is 0 Å². The van der Waals surface area contributed by atoms with Gasteiger partial charge in [0.05, 0.1) is 17.2 Å². The molecule has 1 aliphatic heterocycles. The molecule has 0 spiro atoms. The van der Waals surface area contributed by atoms with Crippen LogP contribution >= 0.6 is 15.9 Å². The Kier molecular flexibility index (Phi) is 5.05. The normalized spacial score (nSPS) is 20.6. The first-order chi connectivity index (χ1) is 9.47. The van der Waals surface area contributed by atoms with E-state index < -0.39 is 6.10 Å². The zero-order valence-electron chi connectivity index (χ0n) is 12.1. The molecule has 0 N–H and O–H groups in total. The van der Waals surface area contributed by atoms with E-state index in [0.717, 1.165) is 10.0 Å². The molecule has 110 valence electrons. The second-order valence-corrected chi connectivity index (χ2v) is 6.01. The summed E-state index contributed by atoms with van der Waals surface area (Å²) in [6, 6.07) is 5.82. The zero-order valence-corrected chi connectivity index (χ0v) is 13.6. The van der Waals surface area contributed by atoms with Crippen LogP contribution in [-0.4, -0.2) is 42.7 Å². The number of benzene rings is 1. The van der Waals surface area contributed by atoms with Gasteiger partial charge in [0.2, 0.25) is 0 Å². The van der Waals surface area contributed by atoms with Gasteiger partial charge in [0.1, 0.15) is 5.75 Å². The number of morpholine rings is 1. The Morgan fingerprint density at radius 3 is 2.95 bits per heavy atom. The molecule has 1 saturated heterocycles. The van der Waals surface area contributed by atoms with E-state index in [9.17, 15) is 4.79 Å². The lowest BCUT2D eigenvalue weighted by molar-refractivity contribution is -0.144. The molecule has 1 aromatic rings. The van der Waals surface area contributed by atoms with E-state index >= 15 is 0 Å². The second-order valence-electron chi connectivity index (χ2n) is 5.16. The van der Waals surface area contributed by atoms with Gasteiger partial charge in [0, 0.05) is 13.1 Å². The van der Waals surface area contributed by atoms with Crippen molar-refractivity contribution in [3.8, 4) is 5.75 Å². The maximum absolute atomic E-state index is 12.4. The van der Waals surface area contributed by atoms with Gasteiger partial charge in [-0.05, 0) is 54.4 Å². The molecule has 2 atom stereocenters. The van der Waals surface area contributed by atoms with E-state index in [0.29, 0.717) is 25.4 Å². The molecule has 0 bridgehead atoms. The van der Waals surface area contributed by atoms with Crippen LogP contribution < -0.4 is 4.74 Å². The number of hydrogen-bond acceptors (Lipinski definition) is 3. The smallest absolute Gasteiger partial charge is 0.263 e. The SMILES string of the molecule is Cc1ccc(OC(C)C(=O)N2CCOC(C)C2)c(Br)c1. The van der Waals surface area contributed by atoms with Gasteiger partial charge < -0.3 is 14.4 Å². The van der Waals surface area contributed by atoms with E-state index in [1.165, 1.54) is 0 Å². The third-order valence-corrected chi connectivity index (χ3v) is 3.91. The quantitative estimate of drug-likeness (QED) is 0.848. The van der Waals surface area contributed by atoms with Gasteiger partial charge in [0.25, 0.3) is 5.91 Å². The zero-order chi connectivity index (χ0) is 14.7. The topological polar surface area (TPSA) is 38.8 Å². The fourth-order valence-electron chi connectivity index (χ4n) is 2.22. The summed E-state index contributed by atoms with van der Waals surface area (Å²) in [5.74, 6) is 0.699. The van der Waals surface area contributed by atoms with Crippen LogP contribution in [0.3, 0.4) is 0 Å². The molecule has 1 aromatic carbocycles. The Morgan fingerprint density at radius 2 is 2.30 bits per heavy atom. The first-order valence-electron chi connectivity index (χ1n) is 6.80. The fraction of sp³-hybridized carbons (Fsp3) is 0.533. The van der Waals surface area contributed by atoms with Crippen LogP contribution in [0.25, 0.3) is 0 Å². The molecular weight excluding hydrogens is 322 g/mol. The molecule has 0 aromatic heterocycles. The lowest BCUT2D eigenvalue weighted by Crippen LogP contribution is -2.49. The molecule has 0 radical (unpaired) electrons. The molecule has 0 aliphatic carbocycles. The monoisotopic (exact) mass is 341 g/mol. The highest BCUT2D eigenvalue weighted by Gasteiger charge is 2.26. The number of amides is 1. The molecule has 1 aliphatic rings. The van der Waals surface area contributed by atoms with Crippen LogP contribution in [0.4, 0.5) is 0 Å². The van der Waals surface area contributed by atoms with Crippen molar-refractivity contribution in [3.05, 3.63) is 28.2 Å². The molecule has 4 nitrogen and oxygen atoms in total. The van der Waals surface area contributed by atoms with Gasteiger partial charge in [-0.1, -0.05) is 6.07 Å². The van der Waals surface area contributed by atoms with Crippen molar-refractivity contribution < 1.29 is 14.3 Å². The summed E-state index contributed by atoms with van der Waals surface area (Å²) in [4.78, 5) is 14.2. The number of ether oxygens (including phenoxy) is 2. The van der Waals surface area contributed by atoms with Crippen LogP contribution in [0.2, 0.25) is 0 Å². The van der Waals surface area contributed by atoms with E-state index in [1.54, 1.807) is 11.8 Å². The fourth-order valence-corrected chi connectivity index (χ4v) is 2.80. The minimum absolute atomic E-state index is 0.00706. The van der Waals surface area contributed by atoms with E-state index in [1.807, 2.05) is 32.0 Å². The van der Waals surface area contributed by atoms with Crippen LogP contribution in [0.15, 0.2) is 22.7 Å². The van der Waals surface area contributed by atoms with Gasteiger partial charge in [0.15, 0.2) is 6.10 Å². The minimum Gasteiger partial charge on any atom is -0.480 e. The van der Waals surface area contributed by atoms with Gasteiger partial charge in [-0.25, -0.2) is 0 Å². The molecule has 0 saturated carbocycles. The predicted octanol–water partition coefficient (Wildman–Crippen LogP) is 2.77. The van der Waals surface area contributed by atoms with Gasteiger partial charge in [-0.2, -0.15) is 0 Å². The van der Waals surface area contributed by atoms with Gasteiger partial charge in [-0.3, -0.25) is 4.79 Å². The lowest BCUT2D eigenvalue weighted by Gasteiger charge is -2.32. The summed E-state index contributed by atoms with van der Waals surface area (Å²) in [6.07, 6.45) is -0.412. The summed E-state index contributed by atoms with van der Waals surface area (Å²) < 4.78 is 12.1. The number of carbonyl (C=O) groups excluding carboxylic acids is 1. The van der Waals surface area contributed by atoms with E-state index in [-0.39, 0.29) is 12.0 Å². The molecule has 20 heavy (non-hydrogen) atoms. The minimum atomic E-state index is -0.501. The van der Waals surface area contributed by atoms with Crippen LogP contribution in [0.5, 0.6) is 5.75 Å². The highest BCUT2D eigenvalue weighted by Crippen LogP contribution is 2.27. The largest absolute Gasteiger partial charge is 0.480 e. The Labute approximate surface area is 128 Å². The standard InChI is InChI=1S/C15H20BrNO3/c1-10-4-5-14(13(16)8-10)20-12(3)15(18)17-6-7-19-11(2)9-17/h4-5,8,11-12H,6-7,9H2,1-3H3. The summed E-state index contributed by atoms with van der Waals surface area (Å²) >= 11 is 3.46. The predicted molar refractivity (Wildman–Crippen MR) is 81.0 cm³/mol. The molecular formula is C15H20BrNO3. The van der Waals surface area contributed by atoms with Crippen molar-refractivity contribution >= 4 is 21.8 Å². The number of rotatable bonds is 3. The molecule has 1 heterocycles. The maximum Gasteiger partial charge on any atom is 0.263 e. The van der Waals surface area contributed by atoms with Gasteiger partial charge >= 0.3 is 0 Å². The Bertz CT molecular complexity index is 492. The van der Waals surface area contributed by atoms with Crippen molar-refractivity contribution in [3.63, 3.8) is 0 Å². The van der Waals surface area contributed by atoms with E-state index in [2.05, 4.69) is 15.9 Å². The Hall–Kier alpha value is -1.07. The summed E-state index contributed by atoms with van der Waals surface area (Å²) in [7, 11) is 0. The molecule has 1 amide bonds. The first kappa shape index (κ1) is 15.3. The Balaban J connectivity index is 2.00. The number of halogens is 1. The average Bonchev–Trinajstić information content (AvgIpc) is 2.41.